The molecule has 4 nitrogen and oxygen atoms in total. The summed E-state index contributed by atoms with van der Waals surface area (Å²) in [4.78, 5) is 4.28. The maximum absolute atomic E-state index is 13.6. The Morgan fingerprint density at radius 2 is 0.917 bits per heavy atom. The highest BCUT2D eigenvalue weighted by molar-refractivity contribution is 5.58. The van der Waals surface area contributed by atoms with Gasteiger partial charge in [0.1, 0.15) is 0 Å². The molecule has 10 heteroatoms. The van der Waals surface area contributed by atoms with Gasteiger partial charge in [0.2, 0.25) is 0 Å². The zero-order valence-electron chi connectivity index (χ0n) is 20.4. The van der Waals surface area contributed by atoms with E-state index in [4.69, 9.17) is 0 Å². The van der Waals surface area contributed by atoms with Crippen LogP contribution in [0.5, 0.6) is 0 Å². The van der Waals surface area contributed by atoms with Gasteiger partial charge in [0.15, 0.2) is 0 Å². The number of likely N-dealkylation sites (tertiary alicyclic amines) is 2. The Morgan fingerprint density at radius 1 is 0.583 bits per heavy atom. The molecule has 0 unspecified atom stereocenters. The summed E-state index contributed by atoms with van der Waals surface area (Å²) in [7, 11) is 3.96. The third-order valence-corrected chi connectivity index (χ3v) is 7.30. The zero-order chi connectivity index (χ0) is 26.1. The maximum atomic E-state index is 13.6. The Bertz CT molecular complexity index is 952. The molecule has 0 aliphatic carbocycles. The smallest absolute Gasteiger partial charge is 0.306 e. The first-order valence-corrected chi connectivity index (χ1v) is 12.2. The second-order valence-corrected chi connectivity index (χ2v) is 10.1. The first-order valence-electron chi connectivity index (χ1n) is 12.2. The van der Waals surface area contributed by atoms with E-state index < -0.39 is 23.5 Å². The van der Waals surface area contributed by atoms with Gasteiger partial charge in [-0.2, -0.15) is 26.3 Å². The number of hydrogen-bond donors (Lipinski definition) is 2. The van der Waals surface area contributed by atoms with Crippen molar-refractivity contribution >= 4 is 11.4 Å². The molecule has 2 saturated heterocycles. The lowest BCUT2D eigenvalue weighted by molar-refractivity contribution is -0.138. The van der Waals surface area contributed by atoms with E-state index in [-0.39, 0.29) is 23.2 Å². The highest BCUT2D eigenvalue weighted by Gasteiger charge is 2.33. The van der Waals surface area contributed by atoms with Crippen molar-refractivity contribution in [2.75, 3.05) is 51.1 Å². The van der Waals surface area contributed by atoms with Crippen LogP contribution in [0, 0.1) is 0 Å². The third kappa shape index (κ3) is 6.64. The van der Waals surface area contributed by atoms with Crippen molar-refractivity contribution in [3.63, 3.8) is 0 Å². The lowest BCUT2D eigenvalue weighted by Crippen LogP contribution is -2.29. The van der Waals surface area contributed by atoms with E-state index in [1.54, 1.807) is 12.1 Å². The number of hydrazine groups is 1. The number of piperidine rings is 2. The SMILES string of the molecule is CN1CCC(c2cc(NNc3cc(C4CCN(C)CC4)cc(C(F)(F)F)c3)cc(C(F)(F)F)c2)CC1. The lowest BCUT2D eigenvalue weighted by atomic mass is 9.88. The molecule has 2 aliphatic heterocycles. The van der Waals surface area contributed by atoms with Crippen LogP contribution in [0.25, 0.3) is 0 Å². The number of alkyl halides is 6. The molecule has 2 aromatic rings. The van der Waals surface area contributed by atoms with Gasteiger partial charge < -0.3 is 20.7 Å². The van der Waals surface area contributed by atoms with Crippen LogP contribution in [0.15, 0.2) is 36.4 Å². The van der Waals surface area contributed by atoms with Crippen LogP contribution in [0.3, 0.4) is 0 Å². The number of halogens is 6. The van der Waals surface area contributed by atoms with E-state index in [0.717, 1.165) is 64.0 Å². The molecule has 0 amide bonds. The standard InChI is InChI=1S/C26H32F6N4/c1-35-7-3-17(4-8-35)19-11-21(25(27,28)29)15-23(13-19)33-34-24-14-20(12-22(16-24)26(30,31)32)18-5-9-36(2)10-6-18/h11-18,33-34H,3-10H2,1-2H3. The second-order valence-electron chi connectivity index (χ2n) is 10.1. The summed E-state index contributed by atoms with van der Waals surface area (Å²) < 4.78 is 81.8. The minimum Gasteiger partial charge on any atom is -0.306 e. The fourth-order valence-electron chi connectivity index (χ4n) is 5.07. The number of rotatable bonds is 5. The van der Waals surface area contributed by atoms with Gasteiger partial charge >= 0.3 is 12.4 Å². The summed E-state index contributed by atoms with van der Waals surface area (Å²) >= 11 is 0. The van der Waals surface area contributed by atoms with Crippen LogP contribution in [0.2, 0.25) is 0 Å². The molecule has 2 N–H and O–H groups in total. The van der Waals surface area contributed by atoms with Crippen molar-refractivity contribution in [3.05, 3.63) is 58.7 Å². The zero-order valence-corrected chi connectivity index (χ0v) is 20.4. The fourth-order valence-corrected chi connectivity index (χ4v) is 5.07. The Labute approximate surface area is 207 Å². The van der Waals surface area contributed by atoms with Gasteiger partial charge in [-0.05, 0) is 125 Å². The molecule has 0 atom stereocenters. The fraction of sp³-hybridized carbons (Fsp3) is 0.538. The predicted octanol–water partition coefficient (Wildman–Crippen LogP) is 6.78. The quantitative estimate of drug-likeness (QED) is 0.340. The topological polar surface area (TPSA) is 30.5 Å². The molecular weight excluding hydrogens is 482 g/mol. The minimum atomic E-state index is -4.53. The van der Waals surface area contributed by atoms with Gasteiger partial charge in [0.25, 0.3) is 0 Å². The second kappa shape index (κ2) is 10.5. The summed E-state index contributed by atoms with van der Waals surface area (Å²) in [5, 5.41) is 0. The molecule has 2 heterocycles. The monoisotopic (exact) mass is 514 g/mol. The molecule has 36 heavy (non-hydrogen) atoms. The Morgan fingerprint density at radius 3 is 1.22 bits per heavy atom. The first-order chi connectivity index (χ1) is 16.9. The largest absolute Gasteiger partial charge is 0.416 e. The number of benzene rings is 2. The van der Waals surface area contributed by atoms with E-state index in [1.165, 1.54) is 12.1 Å². The van der Waals surface area contributed by atoms with Crippen LogP contribution in [0.4, 0.5) is 37.7 Å². The molecular formula is C26H32F6N4. The van der Waals surface area contributed by atoms with Crippen LogP contribution < -0.4 is 10.9 Å². The molecule has 198 valence electrons. The van der Waals surface area contributed by atoms with Crippen molar-refractivity contribution in [2.24, 2.45) is 0 Å². The average molecular weight is 515 g/mol. The summed E-state index contributed by atoms with van der Waals surface area (Å²) in [6.45, 7) is 3.19. The van der Waals surface area contributed by atoms with Gasteiger partial charge in [-0.3, -0.25) is 0 Å². The van der Waals surface area contributed by atoms with Crippen molar-refractivity contribution in [3.8, 4) is 0 Å². The van der Waals surface area contributed by atoms with Gasteiger partial charge in [-0.25, -0.2) is 0 Å². The van der Waals surface area contributed by atoms with Gasteiger partial charge in [0, 0.05) is 0 Å². The van der Waals surface area contributed by atoms with E-state index in [1.807, 2.05) is 14.1 Å². The number of anilines is 2. The first kappa shape index (κ1) is 26.6. The number of hydrogen-bond acceptors (Lipinski definition) is 4. The highest BCUT2D eigenvalue weighted by Crippen LogP contribution is 2.38. The Kier molecular flexibility index (Phi) is 7.75. The van der Waals surface area contributed by atoms with Crippen molar-refractivity contribution < 1.29 is 26.3 Å². The molecule has 4 rings (SSSR count). The van der Waals surface area contributed by atoms with Gasteiger partial charge in [-0.1, -0.05) is 0 Å². The Balaban J connectivity index is 1.59. The molecule has 0 saturated carbocycles. The van der Waals surface area contributed by atoms with Crippen molar-refractivity contribution in [1.29, 1.82) is 0 Å². The molecule has 2 aliphatic rings. The van der Waals surface area contributed by atoms with E-state index >= 15 is 0 Å². The summed E-state index contributed by atoms with van der Waals surface area (Å²) in [6, 6.07) is 7.65. The van der Waals surface area contributed by atoms with Gasteiger partial charge in [-0.15, -0.1) is 0 Å². The van der Waals surface area contributed by atoms with E-state index in [2.05, 4.69) is 20.7 Å². The van der Waals surface area contributed by atoms with Crippen LogP contribution in [-0.4, -0.2) is 50.1 Å². The van der Waals surface area contributed by atoms with Crippen molar-refractivity contribution in [2.45, 2.75) is 49.9 Å². The molecule has 0 radical (unpaired) electrons. The molecule has 2 fully saturated rings. The van der Waals surface area contributed by atoms with Gasteiger partial charge in [0.05, 0.1) is 22.5 Å². The highest BCUT2D eigenvalue weighted by atomic mass is 19.4. The van der Waals surface area contributed by atoms with E-state index in [9.17, 15) is 26.3 Å². The summed E-state index contributed by atoms with van der Waals surface area (Å²) in [6.07, 6.45) is -6.07. The predicted molar refractivity (Wildman–Crippen MR) is 129 cm³/mol. The maximum Gasteiger partial charge on any atom is 0.416 e. The molecule has 0 spiro atoms. The third-order valence-electron chi connectivity index (χ3n) is 7.30. The van der Waals surface area contributed by atoms with E-state index in [0.29, 0.717) is 11.1 Å². The molecule has 0 bridgehead atoms. The lowest BCUT2D eigenvalue weighted by Gasteiger charge is -2.30. The number of nitrogens with zero attached hydrogens (tertiary/aromatic N) is 2. The normalized spacial score (nSPS) is 19.4. The van der Waals surface area contributed by atoms with Crippen LogP contribution >= 0.6 is 0 Å². The number of nitrogens with one attached hydrogen (secondary N) is 2. The Hall–Kier alpha value is -2.46. The minimum absolute atomic E-state index is 0.00589. The molecule has 2 aromatic carbocycles. The molecule has 0 aromatic heterocycles. The van der Waals surface area contributed by atoms with Crippen LogP contribution in [0.1, 0.15) is 59.8 Å². The summed E-state index contributed by atoms with van der Waals surface area (Å²) in [5.74, 6) is -0.0118. The average Bonchev–Trinajstić information content (AvgIpc) is 2.82. The van der Waals surface area contributed by atoms with Crippen LogP contribution in [-0.2, 0) is 12.4 Å². The summed E-state index contributed by atoms with van der Waals surface area (Å²) in [5.41, 5.74) is 5.42. The van der Waals surface area contributed by atoms with Crippen molar-refractivity contribution in [1.82, 2.24) is 9.80 Å².